The molecule has 0 spiro atoms. The number of hydrogen-bond donors (Lipinski definition) is 0. The van der Waals surface area contributed by atoms with Crippen LogP contribution in [0.15, 0.2) is 30.5 Å². The van der Waals surface area contributed by atoms with Crippen LogP contribution in [0.25, 0.3) is 0 Å². The molecule has 0 bridgehead atoms. The minimum atomic E-state index is -0.739. The first kappa shape index (κ1) is 20.6. The average Bonchev–Trinajstić information content (AvgIpc) is 2.74. The second-order valence-electron chi connectivity index (χ2n) is 5.24. The third-order valence-electron chi connectivity index (χ3n) is 3.63. The Morgan fingerprint density at radius 2 is 1.61 bits per heavy atom. The van der Waals surface area contributed by atoms with E-state index in [9.17, 15) is 19.2 Å². The topological polar surface area (TPSA) is 118 Å². The van der Waals surface area contributed by atoms with E-state index in [4.69, 9.17) is 9.47 Å². The number of nitrogens with zero attached hydrogens (tertiary/aromatic N) is 1. The maximum absolute atomic E-state index is 11.7. The van der Waals surface area contributed by atoms with Crippen LogP contribution in [0.1, 0.15) is 41.4 Å². The number of esters is 2. The normalized spacial score (nSPS) is 9.93. The van der Waals surface area contributed by atoms with Crippen LogP contribution in [-0.2, 0) is 9.47 Å². The van der Waals surface area contributed by atoms with Crippen molar-refractivity contribution in [2.75, 3.05) is 27.4 Å². The highest BCUT2D eigenvalue weighted by Crippen LogP contribution is 2.24. The number of pyridine rings is 1. The number of methoxy groups -OCH3 is 2. The highest BCUT2D eigenvalue weighted by atomic mass is 16.5. The van der Waals surface area contributed by atoms with Crippen LogP contribution in [0.4, 0.5) is 0 Å². The van der Waals surface area contributed by atoms with Crippen molar-refractivity contribution in [1.29, 1.82) is 0 Å². The molecule has 146 valence electrons. The summed E-state index contributed by atoms with van der Waals surface area (Å²) in [6, 6.07) is 5.62. The van der Waals surface area contributed by atoms with Crippen LogP contribution < -0.4 is 9.47 Å². The third-order valence-corrected chi connectivity index (χ3v) is 3.63. The van der Waals surface area contributed by atoms with Gasteiger partial charge in [-0.25, -0.2) is 14.6 Å². The Morgan fingerprint density at radius 1 is 0.929 bits per heavy atom. The second-order valence-corrected chi connectivity index (χ2v) is 5.24. The van der Waals surface area contributed by atoms with Crippen molar-refractivity contribution >= 4 is 24.5 Å². The van der Waals surface area contributed by atoms with Crippen LogP contribution in [0.2, 0.25) is 0 Å². The number of aldehydes is 2. The molecule has 0 atom stereocenters. The predicted molar refractivity (Wildman–Crippen MR) is 95.1 cm³/mol. The number of carbonyl (C=O) groups excluding carboxylic acids is 4. The number of carbonyl (C=O) groups is 4. The molecule has 0 aliphatic rings. The molecule has 9 nitrogen and oxygen atoms in total. The van der Waals surface area contributed by atoms with Gasteiger partial charge in [0, 0.05) is 17.8 Å². The smallest absolute Gasteiger partial charge is 0.338 e. The largest absolute Gasteiger partial charge is 0.489 e. The fourth-order valence-electron chi connectivity index (χ4n) is 2.31. The average molecular weight is 387 g/mol. The number of aromatic nitrogens is 1. The summed E-state index contributed by atoms with van der Waals surface area (Å²) < 4.78 is 20.1. The van der Waals surface area contributed by atoms with E-state index < -0.39 is 11.9 Å². The van der Waals surface area contributed by atoms with Crippen LogP contribution >= 0.6 is 0 Å². The number of ether oxygens (including phenoxy) is 4. The molecule has 0 saturated heterocycles. The molecular weight excluding hydrogens is 370 g/mol. The summed E-state index contributed by atoms with van der Waals surface area (Å²) in [5, 5.41) is 0. The monoisotopic (exact) mass is 387 g/mol. The van der Waals surface area contributed by atoms with Crippen molar-refractivity contribution in [3.05, 3.63) is 52.7 Å². The van der Waals surface area contributed by atoms with E-state index in [1.165, 1.54) is 44.7 Å². The maximum Gasteiger partial charge on any atom is 0.338 e. The summed E-state index contributed by atoms with van der Waals surface area (Å²) in [7, 11) is 2.43. The van der Waals surface area contributed by atoms with E-state index in [2.05, 4.69) is 14.5 Å². The zero-order chi connectivity index (χ0) is 20.5. The summed E-state index contributed by atoms with van der Waals surface area (Å²) in [6.45, 7) is 0.0614. The molecule has 9 heteroatoms. The molecule has 2 aromatic rings. The van der Waals surface area contributed by atoms with Gasteiger partial charge >= 0.3 is 11.9 Å². The van der Waals surface area contributed by atoms with E-state index in [-0.39, 0.29) is 47.1 Å². The quantitative estimate of drug-likeness (QED) is 0.360. The van der Waals surface area contributed by atoms with Gasteiger partial charge in [0.05, 0.1) is 30.9 Å². The van der Waals surface area contributed by atoms with E-state index in [1.807, 2.05) is 0 Å². The van der Waals surface area contributed by atoms with Gasteiger partial charge < -0.3 is 18.9 Å². The van der Waals surface area contributed by atoms with Gasteiger partial charge in [-0.2, -0.15) is 0 Å². The summed E-state index contributed by atoms with van der Waals surface area (Å²) in [6.07, 6.45) is 2.21. The maximum atomic E-state index is 11.7. The zero-order valence-corrected chi connectivity index (χ0v) is 15.2. The molecule has 0 aliphatic carbocycles. The van der Waals surface area contributed by atoms with Crippen molar-refractivity contribution < 1.29 is 38.1 Å². The second kappa shape index (κ2) is 9.81. The van der Waals surface area contributed by atoms with Crippen LogP contribution in [-0.4, -0.2) is 56.9 Å². The Labute approximate surface area is 160 Å². The summed E-state index contributed by atoms with van der Waals surface area (Å²) >= 11 is 0. The van der Waals surface area contributed by atoms with Gasteiger partial charge in [0.1, 0.15) is 19.0 Å². The summed E-state index contributed by atoms with van der Waals surface area (Å²) in [5.41, 5.74) is 0.0640. The molecule has 1 aromatic heterocycles. The van der Waals surface area contributed by atoms with E-state index in [0.29, 0.717) is 12.6 Å². The Kier molecular flexibility index (Phi) is 7.21. The SMILES string of the molecule is COC(=O)c1ccnc(OCCOc2ccc(C(=O)OC)c(C=O)c2C=O)c1. The van der Waals surface area contributed by atoms with E-state index in [1.54, 1.807) is 0 Å². The highest BCUT2D eigenvalue weighted by molar-refractivity contribution is 6.04. The van der Waals surface area contributed by atoms with Crippen molar-refractivity contribution in [2.24, 2.45) is 0 Å². The van der Waals surface area contributed by atoms with Gasteiger partial charge in [0.25, 0.3) is 0 Å². The van der Waals surface area contributed by atoms with Gasteiger partial charge in [-0.05, 0) is 18.2 Å². The molecule has 0 aliphatic heterocycles. The lowest BCUT2D eigenvalue weighted by Gasteiger charge is -2.12. The fourth-order valence-corrected chi connectivity index (χ4v) is 2.31. The van der Waals surface area contributed by atoms with Gasteiger partial charge in [0.15, 0.2) is 12.6 Å². The van der Waals surface area contributed by atoms with Crippen LogP contribution in [0.5, 0.6) is 11.6 Å². The van der Waals surface area contributed by atoms with Crippen LogP contribution in [0, 0.1) is 0 Å². The minimum Gasteiger partial charge on any atom is -0.489 e. The van der Waals surface area contributed by atoms with Crippen LogP contribution in [0.3, 0.4) is 0 Å². The predicted octanol–water partition coefficient (Wildman–Crippen LogP) is 1.74. The lowest BCUT2D eigenvalue weighted by Crippen LogP contribution is -2.13. The first-order chi connectivity index (χ1) is 13.5. The molecule has 1 heterocycles. The van der Waals surface area contributed by atoms with E-state index >= 15 is 0 Å². The standard InChI is InChI=1S/C19H17NO8/c1-25-18(23)12-5-6-20-17(9-12)28-8-7-27-16-4-3-13(19(24)26-2)14(10-21)15(16)11-22/h3-6,9-11H,7-8H2,1-2H3. The Bertz CT molecular complexity index is 893. The van der Waals surface area contributed by atoms with Gasteiger partial charge in [-0.3, -0.25) is 9.59 Å². The molecule has 2 rings (SSSR count). The molecule has 28 heavy (non-hydrogen) atoms. The van der Waals surface area contributed by atoms with Gasteiger partial charge in [-0.15, -0.1) is 0 Å². The summed E-state index contributed by atoms with van der Waals surface area (Å²) in [4.78, 5) is 49.8. The number of hydrogen-bond acceptors (Lipinski definition) is 9. The molecule has 0 unspecified atom stereocenters. The molecule has 0 radical (unpaired) electrons. The zero-order valence-electron chi connectivity index (χ0n) is 15.2. The van der Waals surface area contributed by atoms with Gasteiger partial charge in [0.2, 0.25) is 5.88 Å². The van der Waals surface area contributed by atoms with Crippen molar-refractivity contribution in [2.45, 2.75) is 0 Å². The molecular formula is C19H17NO8. The first-order valence-corrected chi connectivity index (χ1v) is 8.01. The molecule has 1 aromatic carbocycles. The Hall–Kier alpha value is -3.75. The first-order valence-electron chi connectivity index (χ1n) is 8.01. The van der Waals surface area contributed by atoms with Crippen molar-refractivity contribution in [3.8, 4) is 11.6 Å². The molecule has 0 amide bonds. The summed E-state index contributed by atoms with van der Waals surface area (Å²) in [5.74, 6) is -0.954. The lowest BCUT2D eigenvalue weighted by molar-refractivity contribution is 0.0590. The Balaban J connectivity index is 2.05. The van der Waals surface area contributed by atoms with Gasteiger partial charge in [-0.1, -0.05) is 0 Å². The third kappa shape index (κ3) is 4.70. The van der Waals surface area contributed by atoms with Crippen molar-refractivity contribution in [3.63, 3.8) is 0 Å². The molecule has 0 fully saturated rings. The number of rotatable bonds is 9. The Morgan fingerprint density at radius 3 is 2.25 bits per heavy atom. The van der Waals surface area contributed by atoms with E-state index in [0.717, 1.165) is 0 Å². The lowest BCUT2D eigenvalue weighted by atomic mass is 10.0. The number of benzene rings is 1. The molecule has 0 N–H and O–H groups in total. The fraction of sp³-hybridized carbons (Fsp3) is 0.211. The van der Waals surface area contributed by atoms with Crippen molar-refractivity contribution in [1.82, 2.24) is 4.98 Å². The molecule has 0 saturated carbocycles. The highest BCUT2D eigenvalue weighted by Gasteiger charge is 2.19. The minimum absolute atomic E-state index is 0.0147.